The summed E-state index contributed by atoms with van der Waals surface area (Å²) in [6, 6.07) is 12.6. The summed E-state index contributed by atoms with van der Waals surface area (Å²) in [5, 5.41) is 1.11. The highest BCUT2D eigenvalue weighted by molar-refractivity contribution is 7.88. The molecule has 0 saturated carbocycles. The van der Waals surface area contributed by atoms with Crippen LogP contribution in [-0.4, -0.2) is 13.6 Å². The van der Waals surface area contributed by atoms with Crippen molar-refractivity contribution in [1.29, 1.82) is 0 Å². The van der Waals surface area contributed by atoms with Gasteiger partial charge in [0.2, 0.25) is 0 Å². The molecule has 0 amide bonds. The summed E-state index contributed by atoms with van der Waals surface area (Å²) in [5.74, 6) is 0.304. The third kappa shape index (κ3) is 2.28. The fraction of sp³-hybridized carbons (Fsp3) is 0.0909. The van der Waals surface area contributed by atoms with Gasteiger partial charge >= 0.3 is 10.1 Å². The van der Waals surface area contributed by atoms with Gasteiger partial charge in [0.1, 0.15) is 5.75 Å². The molecule has 0 aliphatic heterocycles. The van der Waals surface area contributed by atoms with Gasteiger partial charge in [-0.2, -0.15) is 8.42 Å². The Hall–Kier alpha value is -1.26. The molecule has 0 atom stereocenters. The van der Waals surface area contributed by atoms with Gasteiger partial charge in [0.25, 0.3) is 0 Å². The monoisotopic (exact) mass is 256 g/mol. The summed E-state index contributed by atoms with van der Waals surface area (Å²) in [7, 11) is -3.70. The third-order valence-electron chi connectivity index (χ3n) is 2.10. The maximum Gasteiger partial charge on any atom is 0.323 e. The highest BCUT2D eigenvalue weighted by Gasteiger charge is 2.12. The maximum absolute atomic E-state index is 11.3. The molecule has 16 heavy (non-hydrogen) atoms. The molecule has 0 aliphatic rings. The van der Waals surface area contributed by atoms with E-state index in [-0.39, 0.29) is 0 Å². The zero-order chi connectivity index (χ0) is 11.6. The number of hydrogen-bond donors (Lipinski definition) is 0. The van der Waals surface area contributed by atoms with Gasteiger partial charge in [-0.3, -0.25) is 0 Å². The van der Waals surface area contributed by atoms with Gasteiger partial charge in [-0.25, -0.2) is 0 Å². The quantitative estimate of drug-likeness (QED) is 0.626. The summed E-state index contributed by atoms with van der Waals surface area (Å²) >= 11 is 5.28. The highest BCUT2D eigenvalue weighted by Crippen LogP contribution is 2.26. The van der Waals surface area contributed by atoms with Crippen LogP contribution in [0.1, 0.15) is 0 Å². The van der Waals surface area contributed by atoms with E-state index in [4.69, 9.17) is 15.8 Å². The Balaban J connectivity index is 2.53. The molecule has 0 bridgehead atoms. The van der Waals surface area contributed by atoms with Crippen LogP contribution in [0.25, 0.3) is 10.8 Å². The van der Waals surface area contributed by atoms with Crippen molar-refractivity contribution in [2.24, 2.45) is 0 Å². The van der Waals surface area contributed by atoms with Crippen molar-refractivity contribution in [3.8, 4) is 5.75 Å². The van der Waals surface area contributed by atoms with Crippen molar-refractivity contribution < 1.29 is 12.6 Å². The molecule has 0 heterocycles. The zero-order valence-corrected chi connectivity index (χ0v) is 9.83. The lowest BCUT2D eigenvalue weighted by Gasteiger charge is -2.07. The van der Waals surface area contributed by atoms with Crippen molar-refractivity contribution in [3.05, 3.63) is 42.5 Å². The highest BCUT2D eigenvalue weighted by atomic mass is 35.5. The first-order chi connectivity index (χ1) is 7.62. The minimum atomic E-state index is -3.70. The Morgan fingerprint density at radius 1 is 1.06 bits per heavy atom. The summed E-state index contributed by atoms with van der Waals surface area (Å²) in [5.41, 5.74) is 0. The van der Waals surface area contributed by atoms with Crippen molar-refractivity contribution in [1.82, 2.24) is 0 Å². The van der Waals surface area contributed by atoms with Crippen molar-refractivity contribution in [2.45, 2.75) is 0 Å². The number of halogens is 1. The van der Waals surface area contributed by atoms with Crippen LogP contribution in [0.15, 0.2) is 42.5 Å². The first-order valence-electron chi connectivity index (χ1n) is 4.58. The van der Waals surface area contributed by atoms with Gasteiger partial charge in [-0.05, 0) is 11.5 Å². The number of hydrogen-bond acceptors (Lipinski definition) is 3. The predicted octanol–water partition coefficient (Wildman–Crippen LogP) is 2.74. The van der Waals surface area contributed by atoms with Gasteiger partial charge < -0.3 is 4.18 Å². The lowest BCUT2D eigenvalue weighted by atomic mass is 10.1. The average Bonchev–Trinajstić information content (AvgIpc) is 2.29. The van der Waals surface area contributed by atoms with Gasteiger partial charge in [0, 0.05) is 5.39 Å². The molecule has 3 nitrogen and oxygen atoms in total. The second kappa shape index (κ2) is 4.31. The summed E-state index contributed by atoms with van der Waals surface area (Å²) < 4.78 is 27.4. The number of rotatable bonds is 3. The lowest BCUT2D eigenvalue weighted by Crippen LogP contribution is -2.10. The molecule has 0 aliphatic carbocycles. The molecular formula is C11H9ClO3S. The van der Waals surface area contributed by atoms with E-state index in [1.54, 1.807) is 18.2 Å². The smallest absolute Gasteiger partial charge is 0.323 e. The molecule has 2 aromatic rings. The van der Waals surface area contributed by atoms with E-state index in [0.717, 1.165) is 10.8 Å². The van der Waals surface area contributed by atoms with Crippen LogP contribution < -0.4 is 4.18 Å². The fourth-order valence-corrected chi connectivity index (χ4v) is 2.02. The van der Waals surface area contributed by atoms with Crippen LogP contribution in [0.4, 0.5) is 0 Å². The third-order valence-corrected chi connectivity index (χ3v) is 3.60. The number of fused-ring (bicyclic) bond motifs is 1. The standard InChI is InChI=1S/C11H9ClO3S/c12-8-16(13,14)15-11-7-3-5-9-4-1-2-6-10(9)11/h1-7H,8H2. The minimum absolute atomic E-state index is 0.304. The van der Waals surface area contributed by atoms with E-state index in [9.17, 15) is 8.42 Å². The second-order valence-electron chi connectivity index (χ2n) is 3.23. The first-order valence-corrected chi connectivity index (χ1v) is 6.69. The fourth-order valence-electron chi connectivity index (χ4n) is 1.43. The second-order valence-corrected chi connectivity index (χ2v) is 5.38. The molecule has 84 valence electrons. The molecule has 0 radical (unpaired) electrons. The summed E-state index contributed by atoms with van der Waals surface area (Å²) in [6.45, 7) is 0. The van der Waals surface area contributed by atoms with Crippen LogP contribution >= 0.6 is 11.6 Å². The topological polar surface area (TPSA) is 43.4 Å². The molecule has 0 N–H and O–H groups in total. The van der Waals surface area contributed by atoms with Crippen LogP contribution in [-0.2, 0) is 10.1 Å². The van der Waals surface area contributed by atoms with E-state index in [1.165, 1.54) is 0 Å². The van der Waals surface area contributed by atoms with E-state index < -0.39 is 15.3 Å². The molecule has 2 rings (SSSR count). The van der Waals surface area contributed by atoms with E-state index >= 15 is 0 Å². The number of benzene rings is 2. The van der Waals surface area contributed by atoms with E-state index in [0.29, 0.717) is 5.75 Å². The maximum atomic E-state index is 11.3. The number of alkyl halides is 1. The first kappa shape index (κ1) is 11.2. The molecule has 2 aromatic carbocycles. The van der Waals surface area contributed by atoms with E-state index in [1.807, 2.05) is 24.3 Å². The van der Waals surface area contributed by atoms with Crippen LogP contribution in [0, 0.1) is 0 Å². The normalized spacial score (nSPS) is 11.6. The van der Waals surface area contributed by atoms with Gasteiger partial charge in [-0.15, -0.1) is 11.6 Å². The van der Waals surface area contributed by atoms with Crippen LogP contribution in [0.3, 0.4) is 0 Å². The molecule has 0 aromatic heterocycles. The van der Waals surface area contributed by atoms with E-state index in [2.05, 4.69) is 0 Å². The summed E-state index contributed by atoms with van der Waals surface area (Å²) in [4.78, 5) is 0. The van der Waals surface area contributed by atoms with Crippen molar-refractivity contribution in [3.63, 3.8) is 0 Å². The average molecular weight is 257 g/mol. The molecule has 0 unspecified atom stereocenters. The molecule has 0 saturated heterocycles. The largest absolute Gasteiger partial charge is 0.381 e. The van der Waals surface area contributed by atoms with Crippen molar-refractivity contribution in [2.75, 3.05) is 5.21 Å². The van der Waals surface area contributed by atoms with Crippen molar-refractivity contribution >= 4 is 32.5 Å². The Labute approximate surface area is 98.7 Å². The summed E-state index contributed by atoms with van der Waals surface area (Å²) in [6.07, 6.45) is 0. The molecule has 5 heteroatoms. The Kier molecular flexibility index (Phi) is 3.03. The Bertz CT molecular complexity index is 602. The lowest BCUT2D eigenvalue weighted by molar-refractivity contribution is 0.494. The predicted molar refractivity (Wildman–Crippen MR) is 64.2 cm³/mol. The van der Waals surface area contributed by atoms with Gasteiger partial charge in [0.15, 0.2) is 5.21 Å². The SMILES string of the molecule is O=S(=O)(CCl)Oc1cccc2ccccc12. The molecular weight excluding hydrogens is 248 g/mol. The van der Waals surface area contributed by atoms with Gasteiger partial charge in [-0.1, -0.05) is 36.4 Å². The van der Waals surface area contributed by atoms with Gasteiger partial charge in [0.05, 0.1) is 0 Å². The Morgan fingerprint density at radius 2 is 1.75 bits per heavy atom. The minimum Gasteiger partial charge on any atom is -0.381 e. The van der Waals surface area contributed by atoms with Crippen LogP contribution in [0.2, 0.25) is 0 Å². The molecule has 0 fully saturated rings. The Morgan fingerprint density at radius 3 is 2.50 bits per heavy atom. The molecule has 0 spiro atoms. The zero-order valence-electron chi connectivity index (χ0n) is 8.26. The van der Waals surface area contributed by atoms with Crippen LogP contribution in [0.5, 0.6) is 5.75 Å².